The van der Waals surface area contributed by atoms with E-state index in [4.69, 9.17) is 0 Å². The molecule has 2 saturated heterocycles. The molecular weight excluding hydrogens is 691 g/mol. The molecule has 3 aromatic rings. The Labute approximate surface area is 335 Å². The van der Waals surface area contributed by atoms with Crippen LogP contribution < -0.4 is 0 Å². The van der Waals surface area contributed by atoms with E-state index in [1.54, 1.807) is 0 Å². The number of carbonyl (C=O) groups excluding carboxylic acids is 1. The fraction of sp³-hybridized carbons (Fsp3) is 0.706. The van der Waals surface area contributed by atoms with Crippen molar-refractivity contribution in [3.63, 3.8) is 0 Å². The predicted molar refractivity (Wildman–Crippen MR) is 223 cm³/mol. The molecule has 5 heteroatoms. The van der Waals surface area contributed by atoms with Crippen molar-refractivity contribution in [3.05, 3.63) is 59.7 Å². The SMILES string of the molecule is CC1CCC2N(C1)CC1C3CC4C56CCCC4(CC(O)C5CC(O)C4(CCC(CCc5ccc7cc8cccc(CC=O)c8cc7c5)C4)C6)C3CCC1C2(C)O. The Hall–Kier alpha value is -2.31. The lowest BCUT2D eigenvalue weighted by molar-refractivity contribution is -0.231. The molecule has 2 heterocycles. The summed E-state index contributed by atoms with van der Waals surface area (Å²) in [7, 11) is 0. The van der Waals surface area contributed by atoms with Crippen LogP contribution >= 0.6 is 0 Å². The van der Waals surface area contributed by atoms with Crippen molar-refractivity contribution in [2.24, 2.45) is 63.6 Å². The van der Waals surface area contributed by atoms with Gasteiger partial charge in [0.15, 0.2) is 0 Å². The van der Waals surface area contributed by atoms with E-state index in [2.05, 4.69) is 67.3 Å². The molecule has 2 aliphatic heterocycles. The number of hydrogen-bond donors (Lipinski definition) is 3. The molecule has 15 unspecified atom stereocenters. The number of rotatable bonds is 5. The molecular formula is C51H67NO4. The highest BCUT2D eigenvalue weighted by Gasteiger charge is 2.73. The van der Waals surface area contributed by atoms with Gasteiger partial charge >= 0.3 is 0 Å². The van der Waals surface area contributed by atoms with Crippen molar-refractivity contribution >= 4 is 27.8 Å². The number of carbonyl (C=O) groups is 1. The van der Waals surface area contributed by atoms with E-state index in [1.807, 2.05) is 0 Å². The Bertz CT molecular complexity index is 2030. The van der Waals surface area contributed by atoms with E-state index in [-0.39, 0.29) is 34.4 Å². The molecule has 2 spiro atoms. The quantitative estimate of drug-likeness (QED) is 0.179. The van der Waals surface area contributed by atoms with Crippen LogP contribution in [0, 0.1) is 63.6 Å². The molecule has 3 aromatic carbocycles. The summed E-state index contributed by atoms with van der Waals surface area (Å²) in [6.07, 6.45) is 19.4. The zero-order valence-corrected chi connectivity index (χ0v) is 34.2. The minimum Gasteiger partial charge on any atom is -0.393 e. The summed E-state index contributed by atoms with van der Waals surface area (Å²) >= 11 is 0. The minimum atomic E-state index is -0.603. The number of aliphatic hydroxyl groups excluding tert-OH is 2. The standard InChI is InChI=1S/C51H67NO4/c1-31-7-14-46-48(2,56)41-12-13-42-39(40(41)29-52(46)28-31)24-45-50(42)17-4-18-51(45)30-49(47(55)25-43(51)44(54)27-50)19-15-33(26-49)9-8-32-10-11-35-22-36-6-3-5-34(16-20-53)38(36)23-37(35)21-32/h3,5-6,10-11,20-23,31,33,39-47,54-56H,4,7-9,12-19,24-30H2,1-2H3. The Kier molecular flexibility index (Phi) is 8.59. The van der Waals surface area contributed by atoms with E-state index in [0.29, 0.717) is 53.9 Å². The molecule has 0 aromatic heterocycles. The smallest absolute Gasteiger partial charge is 0.124 e. The first-order valence-electron chi connectivity index (χ1n) is 23.2. The zero-order valence-electron chi connectivity index (χ0n) is 34.2. The van der Waals surface area contributed by atoms with Crippen LogP contribution in [0.5, 0.6) is 0 Å². The van der Waals surface area contributed by atoms with Crippen molar-refractivity contribution in [3.8, 4) is 0 Å². The van der Waals surface area contributed by atoms with E-state index < -0.39 is 5.60 Å². The predicted octanol–water partition coefficient (Wildman–Crippen LogP) is 9.29. The van der Waals surface area contributed by atoms with Crippen LogP contribution in [-0.2, 0) is 17.6 Å². The third kappa shape index (κ3) is 5.27. The number of aryl methyl sites for hydroxylation is 1. The third-order valence-corrected chi connectivity index (χ3v) is 19.6. The van der Waals surface area contributed by atoms with Gasteiger partial charge in [-0.05, 0) is 212 Å². The van der Waals surface area contributed by atoms with Gasteiger partial charge in [-0.2, -0.15) is 0 Å². The van der Waals surface area contributed by atoms with Crippen molar-refractivity contribution in [1.29, 1.82) is 0 Å². The van der Waals surface area contributed by atoms with E-state index in [9.17, 15) is 20.1 Å². The lowest BCUT2D eigenvalue weighted by Crippen LogP contribution is -2.67. The van der Waals surface area contributed by atoms with Gasteiger partial charge in [-0.1, -0.05) is 49.7 Å². The summed E-state index contributed by atoms with van der Waals surface area (Å²) in [5.74, 6) is 4.58. The molecule has 2 bridgehead atoms. The molecule has 6 saturated carbocycles. The fourth-order valence-corrected chi connectivity index (χ4v) is 17.6. The minimum absolute atomic E-state index is 0.0133. The first kappa shape index (κ1) is 36.7. The van der Waals surface area contributed by atoms with Crippen molar-refractivity contribution < 1.29 is 20.1 Å². The van der Waals surface area contributed by atoms with Crippen molar-refractivity contribution in [2.75, 3.05) is 13.1 Å². The van der Waals surface area contributed by atoms with Crippen LogP contribution in [0.15, 0.2) is 48.5 Å². The second kappa shape index (κ2) is 13.1. The second-order valence-corrected chi connectivity index (χ2v) is 22.0. The highest BCUT2D eigenvalue weighted by Crippen LogP contribution is 2.78. The van der Waals surface area contributed by atoms with Crippen LogP contribution in [-0.4, -0.2) is 63.4 Å². The highest BCUT2D eigenvalue weighted by molar-refractivity contribution is 6.00. The summed E-state index contributed by atoms with van der Waals surface area (Å²) < 4.78 is 0. The summed E-state index contributed by atoms with van der Waals surface area (Å²) in [5.41, 5.74) is 2.27. The molecule has 300 valence electrons. The summed E-state index contributed by atoms with van der Waals surface area (Å²) in [6.45, 7) is 6.95. The fourth-order valence-electron chi connectivity index (χ4n) is 17.6. The number of fused-ring (bicyclic) bond motifs is 6. The number of aliphatic hydroxyl groups is 3. The van der Waals surface area contributed by atoms with Crippen LogP contribution in [0.4, 0.5) is 0 Å². The maximum atomic E-state index is 12.3. The molecule has 11 rings (SSSR count). The number of benzene rings is 3. The Morgan fingerprint density at radius 3 is 2.55 bits per heavy atom. The molecule has 6 aliphatic carbocycles. The van der Waals surface area contributed by atoms with Crippen molar-refractivity contribution in [2.45, 2.75) is 147 Å². The molecule has 8 fully saturated rings. The Morgan fingerprint density at radius 2 is 1.68 bits per heavy atom. The van der Waals surface area contributed by atoms with Gasteiger partial charge in [0.2, 0.25) is 0 Å². The summed E-state index contributed by atoms with van der Waals surface area (Å²) in [4.78, 5) is 14.1. The Morgan fingerprint density at radius 1 is 0.821 bits per heavy atom. The van der Waals surface area contributed by atoms with Crippen LogP contribution in [0.1, 0.15) is 121 Å². The van der Waals surface area contributed by atoms with Crippen LogP contribution in [0.25, 0.3) is 21.5 Å². The lowest BCUT2D eigenvalue weighted by Gasteiger charge is -2.68. The number of piperidine rings is 2. The largest absolute Gasteiger partial charge is 0.393 e. The maximum absolute atomic E-state index is 12.3. The van der Waals surface area contributed by atoms with Crippen LogP contribution in [0.3, 0.4) is 0 Å². The monoisotopic (exact) mass is 758 g/mol. The van der Waals surface area contributed by atoms with Gasteiger partial charge in [0.25, 0.3) is 0 Å². The molecule has 8 aliphatic rings. The first-order chi connectivity index (χ1) is 27.0. The normalized spacial score (nSPS) is 46.9. The first-order valence-corrected chi connectivity index (χ1v) is 23.2. The van der Waals surface area contributed by atoms with E-state index >= 15 is 0 Å². The average molecular weight is 758 g/mol. The maximum Gasteiger partial charge on any atom is 0.124 e. The lowest BCUT2D eigenvalue weighted by atomic mass is 9.38. The van der Waals surface area contributed by atoms with Crippen molar-refractivity contribution in [1.82, 2.24) is 4.90 Å². The molecule has 5 nitrogen and oxygen atoms in total. The van der Waals surface area contributed by atoms with Gasteiger partial charge in [0, 0.05) is 25.6 Å². The molecule has 56 heavy (non-hydrogen) atoms. The van der Waals surface area contributed by atoms with Gasteiger partial charge < -0.3 is 20.1 Å². The van der Waals surface area contributed by atoms with E-state index in [0.717, 1.165) is 63.3 Å². The van der Waals surface area contributed by atoms with Gasteiger partial charge in [-0.25, -0.2) is 0 Å². The number of nitrogens with zero attached hydrogens (tertiary/aromatic N) is 1. The van der Waals surface area contributed by atoms with Gasteiger partial charge in [-0.3, -0.25) is 4.90 Å². The second-order valence-electron chi connectivity index (χ2n) is 22.0. The van der Waals surface area contributed by atoms with Gasteiger partial charge in [-0.15, -0.1) is 0 Å². The summed E-state index contributed by atoms with van der Waals surface area (Å²) in [5, 5.41) is 41.7. The average Bonchev–Trinajstić information content (AvgIpc) is 3.75. The van der Waals surface area contributed by atoms with Gasteiger partial charge in [0.05, 0.1) is 17.8 Å². The molecule has 0 amide bonds. The number of aldehydes is 1. The molecule has 15 atom stereocenters. The zero-order chi connectivity index (χ0) is 38.2. The van der Waals surface area contributed by atoms with Crippen LogP contribution in [0.2, 0.25) is 0 Å². The molecule has 3 N–H and O–H groups in total. The van der Waals surface area contributed by atoms with E-state index in [1.165, 1.54) is 91.4 Å². The number of hydrogen-bond acceptors (Lipinski definition) is 5. The third-order valence-electron chi connectivity index (χ3n) is 19.6. The van der Waals surface area contributed by atoms with Gasteiger partial charge in [0.1, 0.15) is 6.29 Å². The summed E-state index contributed by atoms with van der Waals surface area (Å²) in [6, 6.07) is 18.1. The Balaban J connectivity index is 0.844. The topological polar surface area (TPSA) is 81.0 Å². The highest BCUT2D eigenvalue weighted by atomic mass is 16.3. The molecule has 0 radical (unpaired) electrons.